The summed E-state index contributed by atoms with van der Waals surface area (Å²) in [6.07, 6.45) is 5.80. The summed E-state index contributed by atoms with van der Waals surface area (Å²) in [7, 11) is 4.13. The summed E-state index contributed by atoms with van der Waals surface area (Å²) < 4.78 is 5.40. The molecule has 6 heteroatoms. The van der Waals surface area contributed by atoms with Crippen LogP contribution in [0.5, 0.6) is 0 Å². The zero-order valence-electron chi connectivity index (χ0n) is 18.0. The minimum atomic E-state index is -0.666. The smallest absolute Gasteiger partial charge is 0.249 e. The number of hydrogen-bond acceptors (Lipinski definition) is 5. The first-order valence-electron chi connectivity index (χ1n) is 10.7. The van der Waals surface area contributed by atoms with Crippen LogP contribution in [0, 0.1) is 19.8 Å². The maximum absolute atomic E-state index is 13.4. The molecule has 2 N–H and O–H groups in total. The van der Waals surface area contributed by atoms with Gasteiger partial charge in [0.15, 0.2) is 0 Å². The van der Waals surface area contributed by atoms with E-state index in [-0.39, 0.29) is 5.91 Å². The van der Waals surface area contributed by atoms with Gasteiger partial charge in [-0.25, -0.2) is 0 Å². The van der Waals surface area contributed by atoms with Crippen molar-refractivity contribution in [3.8, 4) is 11.1 Å². The largest absolute Gasteiger partial charge is 0.361 e. The Labute approximate surface area is 173 Å². The summed E-state index contributed by atoms with van der Waals surface area (Å²) in [6, 6.07) is 6.27. The highest BCUT2D eigenvalue weighted by Crippen LogP contribution is 2.47. The molecular weight excluding hydrogens is 364 g/mol. The van der Waals surface area contributed by atoms with Gasteiger partial charge in [0.05, 0.1) is 5.69 Å². The van der Waals surface area contributed by atoms with Gasteiger partial charge in [0, 0.05) is 29.9 Å². The van der Waals surface area contributed by atoms with Crippen LogP contribution in [-0.2, 0) is 10.3 Å². The van der Waals surface area contributed by atoms with Gasteiger partial charge in [-0.1, -0.05) is 30.5 Å². The topological polar surface area (TPSA) is 70.4 Å². The summed E-state index contributed by atoms with van der Waals surface area (Å²) in [5.74, 6) is 1.21. The van der Waals surface area contributed by atoms with E-state index in [0.717, 1.165) is 59.8 Å². The van der Waals surface area contributed by atoms with E-state index >= 15 is 0 Å². The summed E-state index contributed by atoms with van der Waals surface area (Å²) in [4.78, 5) is 15.6. The van der Waals surface area contributed by atoms with Gasteiger partial charge in [0.25, 0.3) is 0 Å². The molecule has 0 radical (unpaired) electrons. The summed E-state index contributed by atoms with van der Waals surface area (Å²) >= 11 is 0. The van der Waals surface area contributed by atoms with Crippen LogP contribution < -0.4 is 10.6 Å². The second-order valence-electron chi connectivity index (χ2n) is 8.79. The van der Waals surface area contributed by atoms with Gasteiger partial charge >= 0.3 is 0 Å². The minimum absolute atomic E-state index is 0.0917. The van der Waals surface area contributed by atoms with Crippen molar-refractivity contribution in [1.29, 1.82) is 0 Å². The number of nitrogens with one attached hydrogen (secondary N) is 2. The third-order valence-electron chi connectivity index (χ3n) is 6.55. The Morgan fingerprint density at radius 1 is 1.24 bits per heavy atom. The molecule has 1 aliphatic heterocycles. The average molecular weight is 397 g/mol. The number of likely N-dealkylation sites (N-methyl/N-ethyl adjacent to an activating group) is 1. The number of rotatable bonds is 6. The summed E-state index contributed by atoms with van der Waals surface area (Å²) in [6.45, 7) is 5.56. The van der Waals surface area contributed by atoms with Crippen LogP contribution in [0.2, 0.25) is 0 Å². The van der Waals surface area contributed by atoms with E-state index < -0.39 is 5.54 Å². The van der Waals surface area contributed by atoms with Crippen LogP contribution in [0.15, 0.2) is 22.7 Å². The Hall–Kier alpha value is -2.18. The Bertz CT molecular complexity index is 879. The Morgan fingerprint density at radius 2 is 2.00 bits per heavy atom. The first-order valence-corrected chi connectivity index (χ1v) is 10.7. The molecule has 1 aliphatic carbocycles. The zero-order chi connectivity index (χ0) is 20.6. The van der Waals surface area contributed by atoms with E-state index in [2.05, 4.69) is 46.9 Å². The predicted octanol–water partition coefficient (Wildman–Crippen LogP) is 3.84. The SMILES string of the molecule is Cc1noc(C)c1-c1ccc2c(c1)C(NCCN(C)C)(C1CCCCC1)C(=O)N2. The van der Waals surface area contributed by atoms with Crippen LogP contribution in [0.4, 0.5) is 5.69 Å². The molecule has 1 aromatic carbocycles. The molecule has 1 atom stereocenters. The van der Waals surface area contributed by atoms with E-state index in [1.807, 2.05) is 19.9 Å². The molecule has 29 heavy (non-hydrogen) atoms. The predicted molar refractivity (Wildman–Crippen MR) is 115 cm³/mol. The number of nitrogens with zero attached hydrogens (tertiary/aromatic N) is 2. The second-order valence-corrected chi connectivity index (χ2v) is 8.79. The van der Waals surface area contributed by atoms with Crippen molar-refractivity contribution in [3.63, 3.8) is 0 Å². The van der Waals surface area contributed by atoms with Crippen molar-refractivity contribution in [3.05, 3.63) is 35.2 Å². The van der Waals surface area contributed by atoms with Crippen LogP contribution in [0.3, 0.4) is 0 Å². The lowest BCUT2D eigenvalue weighted by Gasteiger charge is -2.39. The first kappa shape index (κ1) is 20.1. The number of hydrogen-bond donors (Lipinski definition) is 2. The fraction of sp³-hybridized carbons (Fsp3) is 0.565. The molecule has 1 unspecified atom stereocenters. The van der Waals surface area contributed by atoms with Crippen LogP contribution in [-0.4, -0.2) is 43.1 Å². The zero-order valence-corrected chi connectivity index (χ0v) is 18.0. The minimum Gasteiger partial charge on any atom is -0.361 e. The highest BCUT2D eigenvalue weighted by Gasteiger charge is 2.52. The van der Waals surface area contributed by atoms with E-state index in [4.69, 9.17) is 4.52 Å². The van der Waals surface area contributed by atoms with Gasteiger partial charge in [-0.15, -0.1) is 0 Å². The lowest BCUT2D eigenvalue weighted by atomic mass is 9.71. The van der Waals surface area contributed by atoms with E-state index in [0.29, 0.717) is 5.92 Å². The van der Waals surface area contributed by atoms with Crippen molar-refractivity contribution >= 4 is 11.6 Å². The molecule has 1 aromatic heterocycles. The molecule has 6 nitrogen and oxygen atoms in total. The molecule has 1 fully saturated rings. The molecule has 4 rings (SSSR count). The molecule has 2 aliphatic rings. The van der Waals surface area contributed by atoms with Gasteiger partial charge in [-0.05, 0) is 64.4 Å². The third-order valence-corrected chi connectivity index (χ3v) is 6.55. The Morgan fingerprint density at radius 3 is 2.66 bits per heavy atom. The van der Waals surface area contributed by atoms with Gasteiger partial charge in [-0.2, -0.15) is 0 Å². The summed E-state index contributed by atoms with van der Waals surface area (Å²) in [5.41, 5.74) is 4.30. The van der Waals surface area contributed by atoms with Crippen molar-refractivity contribution in [2.75, 3.05) is 32.5 Å². The maximum Gasteiger partial charge on any atom is 0.249 e. The third kappa shape index (κ3) is 3.49. The van der Waals surface area contributed by atoms with E-state index in [1.54, 1.807) is 0 Å². The molecule has 1 saturated carbocycles. The number of carbonyl (C=O) groups is 1. The lowest BCUT2D eigenvalue weighted by Crippen LogP contribution is -2.55. The number of amides is 1. The normalized spacial score (nSPS) is 22.2. The molecule has 0 spiro atoms. The van der Waals surface area contributed by atoms with Gasteiger partial charge in [0.1, 0.15) is 11.3 Å². The molecule has 156 valence electrons. The monoisotopic (exact) mass is 396 g/mol. The summed E-state index contributed by atoms with van der Waals surface area (Å²) in [5, 5.41) is 11.0. The number of fused-ring (bicyclic) bond motifs is 1. The quantitative estimate of drug-likeness (QED) is 0.776. The molecule has 0 saturated heterocycles. The number of benzene rings is 1. The van der Waals surface area contributed by atoms with Crippen LogP contribution >= 0.6 is 0 Å². The Kier molecular flexibility index (Phi) is 5.49. The average Bonchev–Trinajstić information content (AvgIpc) is 3.18. The van der Waals surface area contributed by atoms with Crippen molar-refractivity contribution in [2.24, 2.45) is 5.92 Å². The standard InChI is InChI=1S/C23H32N4O2/c1-15-21(16(2)29-26-15)17-10-11-20-19(14-17)23(22(28)25-20,24-12-13-27(3)4)18-8-6-5-7-9-18/h10-11,14,18,24H,5-9,12-13H2,1-4H3,(H,25,28). The van der Waals surface area contributed by atoms with E-state index in [9.17, 15) is 4.79 Å². The van der Waals surface area contributed by atoms with Crippen LogP contribution in [0.25, 0.3) is 11.1 Å². The van der Waals surface area contributed by atoms with Crippen molar-refractivity contribution in [1.82, 2.24) is 15.4 Å². The Balaban J connectivity index is 1.79. The number of aryl methyl sites for hydroxylation is 2. The maximum atomic E-state index is 13.4. The van der Waals surface area contributed by atoms with Crippen molar-refractivity contribution in [2.45, 2.75) is 51.5 Å². The molecule has 2 aromatic rings. The number of anilines is 1. The fourth-order valence-electron chi connectivity index (χ4n) is 5.11. The molecule has 1 amide bonds. The molecule has 2 heterocycles. The van der Waals surface area contributed by atoms with Crippen molar-refractivity contribution < 1.29 is 9.32 Å². The fourth-order valence-corrected chi connectivity index (χ4v) is 5.11. The second kappa shape index (κ2) is 7.92. The highest BCUT2D eigenvalue weighted by atomic mass is 16.5. The van der Waals surface area contributed by atoms with Gasteiger partial charge in [-0.3, -0.25) is 10.1 Å². The number of carbonyl (C=O) groups excluding carboxylic acids is 1. The molecular formula is C23H32N4O2. The molecule has 0 bridgehead atoms. The lowest BCUT2D eigenvalue weighted by molar-refractivity contribution is -0.125. The first-order chi connectivity index (χ1) is 13.9. The highest BCUT2D eigenvalue weighted by molar-refractivity contribution is 6.06. The number of aromatic nitrogens is 1. The van der Waals surface area contributed by atoms with Gasteiger partial charge in [0.2, 0.25) is 5.91 Å². The van der Waals surface area contributed by atoms with Crippen LogP contribution in [0.1, 0.15) is 49.1 Å². The van der Waals surface area contributed by atoms with E-state index in [1.165, 1.54) is 19.3 Å². The van der Waals surface area contributed by atoms with Gasteiger partial charge < -0.3 is 14.7 Å².